The molecule has 0 spiro atoms. The molecule has 0 unspecified atom stereocenters. The van der Waals surface area contributed by atoms with Crippen LogP contribution in [0.4, 0.5) is 5.95 Å². The Morgan fingerprint density at radius 1 is 1.17 bits per heavy atom. The average Bonchev–Trinajstić information content (AvgIpc) is 3.29. The fourth-order valence-corrected chi connectivity index (χ4v) is 2.17. The molecule has 24 heavy (non-hydrogen) atoms. The molecule has 1 aromatic carbocycles. The summed E-state index contributed by atoms with van der Waals surface area (Å²) >= 11 is 0. The lowest BCUT2D eigenvalue weighted by molar-refractivity contribution is -0.118. The number of amides is 2. The Hall–Kier alpha value is -3.42. The number of aromatic amines is 1. The summed E-state index contributed by atoms with van der Waals surface area (Å²) in [6.07, 6.45) is 3.01. The van der Waals surface area contributed by atoms with Crippen molar-refractivity contribution in [2.75, 3.05) is 5.32 Å². The standard InChI is InChI=1S/C16H15N5O3/c22-14(20-16-17-10-18-21-16)12(9-11-5-2-1-3-6-11)19-15(23)13-7-4-8-24-13/h1-8,10,12H,9H2,(H,19,23)(H2,17,18,20,21,22)/t12-/m0/s1. The van der Waals surface area contributed by atoms with Gasteiger partial charge in [0.25, 0.3) is 5.91 Å². The largest absolute Gasteiger partial charge is 0.459 e. The quantitative estimate of drug-likeness (QED) is 0.633. The Labute approximate surface area is 137 Å². The number of rotatable bonds is 6. The molecule has 122 valence electrons. The van der Waals surface area contributed by atoms with Gasteiger partial charge in [-0.05, 0) is 17.7 Å². The van der Waals surface area contributed by atoms with Gasteiger partial charge in [0.05, 0.1) is 6.26 Å². The van der Waals surface area contributed by atoms with Crippen LogP contribution in [-0.2, 0) is 11.2 Å². The van der Waals surface area contributed by atoms with Gasteiger partial charge in [0, 0.05) is 6.42 Å². The van der Waals surface area contributed by atoms with Crippen molar-refractivity contribution in [1.29, 1.82) is 0 Å². The van der Waals surface area contributed by atoms with Crippen LogP contribution >= 0.6 is 0 Å². The van der Waals surface area contributed by atoms with Crippen LogP contribution in [0.15, 0.2) is 59.5 Å². The molecule has 0 saturated carbocycles. The minimum absolute atomic E-state index is 0.139. The van der Waals surface area contributed by atoms with Crippen LogP contribution in [0.3, 0.4) is 0 Å². The summed E-state index contributed by atoms with van der Waals surface area (Å²) in [5, 5.41) is 11.5. The van der Waals surface area contributed by atoms with Gasteiger partial charge < -0.3 is 9.73 Å². The molecule has 2 amide bonds. The van der Waals surface area contributed by atoms with E-state index in [1.807, 2.05) is 30.3 Å². The molecule has 8 heteroatoms. The Bertz CT molecular complexity index is 785. The zero-order chi connectivity index (χ0) is 16.8. The maximum Gasteiger partial charge on any atom is 0.287 e. The number of hydrogen-bond donors (Lipinski definition) is 3. The second-order valence-electron chi connectivity index (χ2n) is 5.02. The van der Waals surface area contributed by atoms with Gasteiger partial charge in [0.1, 0.15) is 12.4 Å². The summed E-state index contributed by atoms with van der Waals surface area (Å²) in [6, 6.07) is 11.7. The molecule has 0 aliphatic carbocycles. The number of H-pyrrole nitrogens is 1. The molecular formula is C16H15N5O3. The van der Waals surface area contributed by atoms with Gasteiger partial charge in [0.15, 0.2) is 5.76 Å². The Morgan fingerprint density at radius 2 is 2.00 bits per heavy atom. The SMILES string of the molecule is O=C(N[C@@H](Cc1ccccc1)C(=O)Nc1ncn[nH]1)c1ccco1. The summed E-state index contributed by atoms with van der Waals surface area (Å²) < 4.78 is 5.06. The zero-order valence-corrected chi connectivity index (χ0v) is 12.6. The first kappa shape index (κ1) is 15.5. The summed E-state index contributed by atoms with van der Waals surface area (Å²) in [5.74, 6) is -0.519. The Kier molecular flexibility index (Phi) is 4.66. The van der Waals surface area contributed by atoms with Gasteiger partial charge in [-0.3, -0.25) is 14.9 Å². The number of furan rings is 1. The predicted octanol–water partition coefficient (Wildman–Crippen LogP) is 1.38. The molecule has 8 nitrogen and oxygen atoms in total. The van der Waals surface area contributed by atoms with Crippen molar-refractivity contribution in [2.45, 2.75) is 12.5 Å². The van der Waals surface area contributed by atoms with Crippen molar-refractivity contribution >= 4 is 17.8 Å². The second kappa shape index (κ2) is 7.23. The van der Waals surface area contributed by atoms with Crippen molar-refractivity contribution in [2.24, 2.45) is 0 Å². The van der Waals surface area contributed by atoms with Gasteiger partial charge in [-0.25, -0.2) is 5.10 Å². The van der Waals surface area contributed by atoms with Crippen molar-refractivity contribution in [3.05, 3.63) is 66.4 Å². The van der Waals surface area contributed by atoms with Gasteiger partial charge >= 0.3 is 0 Å². The third kappa shape index (κ3) is 3.86. The molecule has 3 aromatic rings. The minimum atomic E-state index is -0.796. The molecule has 0 aliphatic heterocycles. The summed E-state index contributed by atoms with van der Waals surface area (Å²) in [6.45, 7) is 0. The second-order valence-corrected chi connectivity index (χ2v) is 5.02. The van der Waals surface area contributed by atoms with E-state index in [0.29, 0.717) is 6.42 Å². The van der Waals surface area contributed by atoms with Crippen LogP contribution in [-0.4, -0.2) is 33.0 Å². The number of nitrogens with one attached hydrogen (secondary N) is 3. The third-order valence-corrected chi connectivity index (χ3v) is 3.31. The van der Waals surface area contributed by atoms with Gasteiger partial charge in [0.2, 0.25) is 11.9 Å². The molecule has 3 N–H and O–H groups in total. The first-order chi connectivity index (χ1) is 11.7. The lowest BCUT2D eigenvalue weighted by atomic mass is 10.1. The van der Waals surface area contributed by atoms with Crippen LogP contribution in [0.25, 0.3) is 0 Å². The molecule has 0 fully saturated rings. The van der Waals surface area contributed by atoms with Crippen LogP contribution < -0.4 is 10.6 Å². The molecule has 0 saturated heterocycles. The zero-order valence-electron chi connectivity index (χ0n) is 12.6. The van der Waals surface area contributed by atoms with E-state index in [0.717, 1.165) is 5.56 Å². The van der Waals surface area contributed by atoms with E-state index in [-0.39, 0.29) is 11.7 Å². The monoisotopic (exact) mass is 325 g/mol. The number of carbonyl (C=O) groups is 2. The van der Waals surface area contributed by atoms with E-state index >= 15 is 0 Å². The van der Waals surface area contributed by atoms with Crippen LogP contribution in [0.5, 0.6) is 0 Å². The van der Waals surface area contributed by atoms with Gasteiger partial charge in [-0.15, -0.1) is 0 Å². The topological polar surface area (TPSA) is 113 Å². The van der Waals surface area contributed by atoms with E-state index in [1.165, 1.54) is 18.7 Å². The maximum atomic E-state index is 12.5. The highest BCUT2D eigenvalue weighted by Crippen LogP contribution is 2.07. The summed E-state index contributed by atoms with van der Waals surface area (Å²) in [5.41, 5.74) is 0.912. The molecule has 1 atom stereocenters. The molecular weight excluding hydrogens is 310 g/mol. The van der Waals surface area contributed by atoms with E-state index < -0.39 is 17.9 Å². The highest BCUT2D eigenvalue weighted by atomic mass is 16.3. The summed E-state index contributed by atoms with van der Waals surface area (Å²) in [4.78, 5) is 28.5. The lowest BCUT2D eigenvalue weighted by Gasteiger charge is -2.17. The molecule has 2 heterocycles. The number of aromatic nitrogens is 3. The first-order valence-electron chi connectivity index (χ1n) is 7.27. The highest BCUT2D eigenvalue weighted by Gasteiger charge is 2.23. The molecule has 2 aromatic heterocycles. The van der Waals surface area contributed by atoms with Crippen molar-refractivity contribution in [1.82, 2.24) is 20.5 Å². The predicted molar refractivity (Wildman–Crippen MR) is 85.1 cm³/mol. The van der Waals surface area contributed by atoms with Crippen LogP contribution in [0, 0.1) is 0 Å². The van der Waals surface area contributed by atoms with Crippen LogP contribution in [0.1, 0.15) is 16.1 Å². The van der Waals surface area contributed by atoms with E-state index in [9.17, 15) is 9.59 Å². The third-order valence-electron chi connectivity index (χ3n) is 3.31. The average molecular weight is 325 g/mol. The number of nitrogens with zero attached hydrogens (tertiary/aromatic N) is 2. The fraction of sp³-hybridized carbons (Fsp3) is 0.125. The van der Waals surface area contributed by atoms with E-state index in [2.05, 4.69) is 25.8 Å². The molecule has 0 bridgehead atoms. The molecule has 0 radical (unpaired) electrons. The fourth-order valence-electron chi connectivity index (χ4n) is 2.17. The first-order valence-corrected chi connectivity index (χ1v) is 7.27. The van der Waals surface area contributed by atoms with Crippen molar-refractivity contribution in [3.63, 3.8) is 0 Å². The Morgan fingerprint density at radius 3 is 2.67 bits per heavy atom. The normalized spacial score (nSPS) is 11.7. The summed E-state index contributed by atoms with van der Waals surface area (Å²) in [7, 11) is 0. The van der Waals surface area contributed by atoms with Gasteiger partial charge in [-0.2, -0.15) is 10.1 Å². The van der Waals surface area contributed by atoms with Crippen LogP contribution in [0.2, 0.25) is 0 Å². The van der Waals surface area contributed by atoms with E-state index in [4.69, 9.17) is 4.42 Å². The number of benzene rings is 1. The molecule has 0 aliphatic rings. The number of carbonyl (C=O) groups excluding carboxylic acids is 2. The number of anilines is 1. The number of hydrogen-bond acceptors (Lipinski definition) is 5. The smallest absolute Gasteiger partial charge is 0.287 e. The van der Waals surface area contributed by atoms with E-state index in [1.54, 1.807) is 6.07 Å². The van der Waals surface area contributed by atoms with Crippen molar-refractivity contribution in [3.8, 4) is 0 Å². The minimum Gasteiger partial charge on any atom is -0.459 e. The lowest BCUT2D eigenvalue weighted by Crippen LogP contribution is -2.45. The highest BCUT2D eigenvalue weighted by molar-refractivity contribution is 5.99. The van der Waals surface area contributed by atoms with Gasteiger partial charge in [-0.1, -0.05) is 30.3 Å². The Balaban J connectivity index is 1.74. The van der Waals surface area contributed by atoms with Crippen molar-refractivity contribution < 1.29 is 14.0 Å². The molecule has 3 rings (SSSR count). The maximum absolute atomic E-state index is 12.5.